The second-order valence-electron chi connectivity index (χ2n) is 5.19. The number of halogens is 1. The summed E-state index contributed by atoms with van der Waals surface area (Å²) in [4.78, 5) is 15.6. The maximum atomic E-state index is 10.9. The number of rotatable bonds is 3. The molecular formula is C14H19ClN2O2. The van der Waals surface area contributed by atoms with E-state index in [2.05, 4.69) is 23.8 Å². The quantitative estimate of drug-likeness (QED) is 0.923. The Morgan fingerprint density at radius 1 is 1.47 bits per heavy atom. The molecule has 1 saturated heterocycles. The molecule has 1 unspecified atom stereocenters. The standard InChI is InChI=1S/C14H19ClN2O2/c1-10-8-16(2)5-6-17(10)9-12-4-3-11(14(18)19)7-13(12)15/h3-4,7,10H,5-6,8-9H2,1-2H3,(H,18,19). The fraction of sp³-hybridized carbons (Fsp3) is 0.500. The molecule has 0 bridgehead atoms. The van der Waals surface area contributed by atoms with Crippen LogP contribution in [0.3, 0.4) is 0 Å². The molecule has 0 saturated carbocycles. The number of carboxylic acid groups (broad SMARTS) is 1. The largest absolute Gasteiger partial charge is 0.478 e. The Balaban J connectivity index is 2.09. The van der Waals surface area contributed by atoms with Crippen molar-refractivity contribution in [2.75, 3.05) is 26.7 Å². The Labute approximate surface area is 118 Å². The van der Waals surface area contributed by atoms with Crippen LogP contribution in [0.1, 0.15) is 22.8 Å². The molecule has 2 rings (SSSR count). The van der Waals surface area contributed by atoms with Gasteiger partial charge in [0.05, 0.1) is 5.56 Å². The average molecular weight is 283 g/mol. The number of carbonyl (C=O) groups is 1. The number of aromatic carboxylic acids is 1. The summed E-state index contributed by atoms with van der Waals surface area (Å²) in [5.74, 6) is -0.943. The highest BCUT2D eigenvalue weighted by atomic mass is 35.5. The van der Waals surface area contributed by atoms with Crippen molar-refractivity contribution in [3.05, 3.63) is 34.3 Å². The SMILES string of the molecule is CC1CN(C)CCN1Cc1ccc(C(=O)O)cc1Cl. The van der Waals surface area contributed by atoms with Crippen LogP contribution in [0.5, 0.6) is 0 Å². The van der Waals surface area contributed by atoms with E-state index in [0.717, 1.165) is 31.7 Å². The van der Waals surface area contributed by atoms with Gasteiger partial charge in [0.1, 0.15) is 0 Å². The predicted molar refractivity (Wildman–Crippen MR) is 75.8 cm³/mol. The first kappa shape index (κ1) is 14.3. The van der Waals surface area contributed by atoms with Crippen molar-refractivity contribution >= 4 is 17.6 Å². The van der Waals surface area contributed by atoms with Gasteiger partial charge in [-0.2, -0.15) is 0 Å². The van der Waals surface area contributed by atoms with E-state index in [1.807, 2.05) is 6.07 Å². The summed E-state index contributed by atoms with van der Waals surface area (Å²) >= 11 is 6.17. The summed E-state index contributed by atoms with van der Waals surface area (Å²) in [6, 6.07) is 5.44. The highest BCUT2D eigenvalue weighted by Crippen LogP contribution is 2.21. The molecule has 1 aliphatic heterocycles. The lowest BCUT2D eigenvalue weighted by atomic mass is 10.1. The van der Waals surface area contributed by atoms with Crippen LogP contribution in [0.4, 0.5) is 0 Å². The van der Waals surface area contributed by atoms with E-state index in [1.54, 1.807) is 6.07 Å². The molecule has 19 heavy (non-hydrogen) atoms. The van der Waals surface area contributed by atoms with Gasteiger partial charge in [0.25, 0.3) is 0 Å². The van der Waals surface area contributed by atoms with Gasteiger partial charge in [0.15, 0.2) is 0 Å². The number of likely N-dealkylation sites (N-methyl/N-ethyl adjacent to an activating group) is 1. The van der Waals surface area contributed by atoms with Gasteiger partial charge in [-0.25, -0.2) is 4.79 Å². The number of hydrogen-bond acceptors (Lipinski definition) is 3. The molecule has 1 heterocycles. The van der Waals surface area contributed by atoms with Crippen molar-refractivity contribution in [2.24, 2.45) is 0 Å². The normalized spacial score (nSPS) is 21.5. The lowest BCUT2D eigenvalue weighted by Gasteiger charge is -2.38. The third-order valence-corrected chi connectivity index (χ3v) is 3.99. The molecule has 1 aromatic rings. The van der Waals surface area contributed by atoms with Gasteiger partial charge < -0.3 is 10.0 Å². The Bertz CT molecular complexity index is 479. The van der Waals surface area contributed by atoms with E-state index >= 15 is 0 Å². The smallest absolute Gasteiger partial charge is 0.335 e. The van der Waals surface area contributed by atoms with Crippen LogP contribution < -0.4 is 0 Å². The topological polar surface area (TPSA) is 43.8 Å². The van der Waals surface area contributed by atoms with Crippen molar-refractivity contribution in [1.29, 1.82) is 0 Å². The highest BCUT2D eigenvalue weighted by molar-refractivity contribution is 6.31. The Morgan fingerprint density at radius 3 is 2.79 bits per heavy atom. The zero-order valence-electron chi connectivity index (χ0n) is 11.3. The Kier molecular flexibility index (Phi) is 4.45. The number of piperazine rings is 1. The van der Waals surface area contributed by atoms with E-state index < -0.39 is 5.97 Å². The minimum atomic E-state index is -0.943. The highest BCUT2D eigenvalue weighted by Gasteiger charge is 2.22. The van der Waals surface area contributed by atoms with E-state index in [1.165, 1.54) is 6.07 Å². The van der Waals surface area contributed by atoms with Gasteiger partial charge in [-0.1, -0.05) is 17.7 Å². The zero-order chi connectivity index (χ0) is 14.0. The van der Waals surface area contributed by atoms with Crippen LogP contribution in [0, 0.1) is 0 Å². The Hall–Kier alpha value is -1.10. The van der Waals surface area contributed by atoms with Gasteiger partial charge >= 0.3 is 5.97 Å². The second-order valence-corrected chi connectivity index (χ2v) is 5.60. The molecule has 104 valence electrons. The summed E-state index contributed by atoms with van der Waals surface area (Å²) in [5.41, 5.74) is 1.23. The van der Waals surface area contributed by atoms with Gasteiger partial charge in [0.2, 0.25) is 0 Å². The minimum absolute atomic E-state index is 0.236. The van der Waals surface area contributed by atoms with Crippen LogP contribution in [0.2, 0.25) is 5.02 Å². The molecule has 1 aliphatic rings. The number of nitrogens with zero attached hydrogens (tertiary/aromatic N) is 2. The minimum Gasteiger partial charge on any atom is -0.478 e. The van der Waals surface area contributed by atoms with Gasteiger partial charge in [-0.15, -0.1) is 0 Å². The van der Waals surface area contributed by atoms with Crippen molar-refractivity contribution in [3.63, 3.8) is 0 Å². The maximum absolute atomic E-state index is 10.9. The summed E-state index contributed by atoms with van der Waals surface area (Å²) in [6.45, 7) is 6.08. The third-order valence-electron chi connectivity index (χ3n) is 3.64. The maximum Gasteiger partial charge on any atom is 0.335 e. The zero-order valence-corrected chi connectivity index (χ0v) is 12.0. The first-order valence-electron chi connectivity index (χ1n) is 6.41. The lowest BCUT2D eigenvalue weighted by Crippen LogP contribution is -2.49. The summed E-state index contributed by atoms with van der Waals surface area (Å²) in [7, 11) is 2.13. The number of carboxylic acids is 1. The monoisotopic (exact) mass is 282 g/mol. The first-order valence-corrected chi connectivity index (χ1v) is 6.79. The Morgan fingerprint density at radius 2 is 2.21 bits per heavy atom. The molecule has 1 atom stereocenters. The first-order chi connectivity index (χ1) is 8.97. The van der Waals surface area contributed by atoms with E-state index in [-0.39, 0.29) is 5.56 Å². The molecule has 0 aliphatic carbocycles. The predicted octanol–water partition coefficient (Wildman–Crippen LogP) is 2.17. The number of hydrogen-bond donors (Lipinski definition) is 1. The van der Waals surface area contributed by atoms with Crippen molar-refractivity contribution in [1.82, 2.24) is 9.80 Å². The molecule has 0 aromatic heterocycles. The van der Waals surface area contributed by atoms with Crippen LogP contribution in [0.15, 0.2) is 18.2 Å². The van der Waals surface area contributed by atoms with Gasteiger partial charge in [0, 0.05) is 37.2 Å². The molecule has 1 aromatic carbocycles. The lowest BCUT2D eigenvalue weighted by molar-refractivity contribution is 0.0696. The molecule has 5 heteroatoms. The van der Waals surface area contributed by atoms with Crippen LogP contribution in [-0.2, 0) is 6.54 Å². The molecule has 0 spiro atoms. The molecule has 1 fully saturated rings. The van der Waals surface area contributed by atoms with E-state index in [9.17, 15) is 4.79 Å². The van der Waals surface area contributed by atoms with Crippen molar-refractivity contribution in [2.45, 2.75) is 19.5 Å². The van der Waals surface area contributed by atoms with Crippen LogP contribution in [-0.4, -0.2) is 53.6 Å². The van der Waals surface area contributed by atoms with Crippen molar-refractivity contribution in [3.8, 4) is 0 Å². The molecule has 4 nitrogen and oxygen atoms in total. The molecule has 0 amide bonds. The van der Waals surface area contributed by atoms with E-state index in [0.29, 0.717) is 11.1 Å². The fourth-order valence-electron chi connectivity index (χ4n) is 2.44. The molecular weight excluding hydrogens is 264 g/mol. The second kappa shape index (κ2) is 5.90. The fourth-order valence-corrected chi connectivity index (χ4v) is 2.68. The summed E-state index contributed by atoms with van der Waals surface area (Å²) < 4.78 is 0. The summed E-state index contributed by atoms with van der Waals surface area (Å²) in [6.07, 6.45) is 0. The van der Waals surface area contributed by atoms with Crippen LogP contribution >= 0.6 is 11.6 Å². The molecule has 1 N–H and O–H groups in total. The van der Waals surface area contributed by atoms with E-state index in [4.69, 9.17) is 16.7 Å². The molecule has 0 radical (unpaired) electrons. The average Bonchev–Trinajstić information content (AvgIpc) is 2.34. The third kappa shape index (κ3) is 3.47. The van der Waals surface area contributed by atoms with Crippen molar-refractivity contribution < 1.29 is 9.90 Å². The number of benzene rings is 1. The summed E-state index contributed by atoms with van der Waals surface area (Å²) in [5, 5.41) is 9.45. The van der Waals surface area contributed by atoms with Crippen LogP contribution in [0.25, 0.3) is 0 Å². The van der Waals surface area contributed by atoms with Gasteiger partial charge in [-0.3, -0.25) is 4.90 Å². The van der Waals surface area contributed by atoms with Gasteiger partial charge in [-0.05, 0) is 31.7 Å².